The highest BCUT2D eigenvalue weighted by Gasteiger charge is 2.49. The van der Waals surface area contributed by atoms with Crippen molar-refractivity contribution in [2.24, 2.45) is 4.99 Å². The summed E-state index contributed by atoms with van der Waals surface area (Å²) in [5.41, 5.74) is 0.591. The summed E-state index contributed by atoms with van der Waals surface area (Å²) in [7, 11) is -3.11. The van der Waals surface area contributed by atoms with Gasteiger partial charge in [-0.15, -0.1) is 0 Å². The zero-order valence-corrected chi connectivity index (χ0v) is 16.8. The summed E-state index contributed by atoms with van der Waals surface area (Å²) in [6.07, 6.45) is 2.07. The summed E-state index contributed by atoms with van der Waals surface area (Å²) in [5.74, 6) is -0.0927. The van der Waals surface area contributed by atoms with Crippen LogP contribution in [-0.4, -0.2) is 42.3 Å². The molecular weight excluding hydrogens is 403 g/mol. The van der Waals surface area contributed by atoms with E-state index in [4.69, 9.17) is 23.2 Å². The Bertz CT molecular complexity index is 827. The number of hydrogen-bond donors (Lipinski definition) is 0. The van der Waals surface area contributed by atoms with Crippen LogP contribution in [0.25, 0.3) is 0 Å². The lowest BCUT2D eigenvalue weighted by atomic mass is 10.2. The highest BCUT2D eigenvalue weighted by atomic mass is 35.5. The van der Waals surface area contributed by atoms with E-state index in [0.717, 1.165) is 12.8 Å². The Morgan fingerprint density at radius 1 is 1.36 bits per heavy atom. The zero-order valence-electron chi connectivity index (χ0n) is 13.6. The van der Waals surface area contributed by atoms with Crippen molar-refractivity contribution in [2.45, 2.75) is 37.5 Å². The van der Waals surface area contributed by atoms with Gasteiger partial charge >= 0.3 is 0 Å². The molecule has 2 aliphatic rings. The minimum Gasteiger partial charge on any atom is -0.314 e. The Hall–Kier alpha value is -0.760. The van der Waals surface area contributed by atoms with Gasteiger partial charge in [0.1, 0.15) is 0 Å². The number of amides is 1. The van der Waals surface area contributed by atoms with Crippen molar-refractivity contribution in [3.8, 4) is 0 Å². The van der Waals surface area contributed by atoms with Crippen LogP contribution >= 0.6 is 35.0 Å². The van der Waals surface area contributed by atoms with Crippen LogP contribution < -0.4 is 4.90 Å². The number of hydrogen-bond acceptors (Lipinski definition) is 4. The van der Waals surface area contributed by atoms with Crippen LogP contribution in [0.4, 0.5) is 5.69 Å². The Morgan fingerprint density at radius 2 is 2.12 bits per heavy atom. The minimum absolute atomic E-state index is 0.0235. The maximum atomic E-state index is 12.1. The molecule has 0 bridgehead atoms. The lowest BCUT2D eigenvalue weighted by Crippen LogP contribution is -2.38. The van der Waals surface area contributed by atoms with Crippen LogP contribution in [0.3, 0.4) is 0 Å². The second kappa shape index (κ2) is 7.47. The number of sulfone groups is 1. The first-order chi connectivity index (χ1) is 11.8. The van der Waals surface area contributed by atoms with E-state index in [2.05, 4.69) is 4.99 Å². The molecule has 5 nitrogen and oxygen atoms in total. The summed E-state index contributed by atoms with van der Waals surface area (Å²) in [6, 6.07) is 4.90. The van der Waals surface area contributed by atoms with Gasteiger partial charge in [-0.2, -0.15) is 4.99 Å². The Morgan fingerprint density at radius 3 is 2.84 bits per heavy atom. The lowest BCUT2D eigenvalue weighted by molar-refractivity contribution is -0.117. The van der Waals surface area contributed by atoms with Crippen molar-refractivity contribution >= 4 is 61.6 Å². The molecular formula is C16H18Cl2N2O3S2. The molecule has 0 saturated carbocycles. The highest BCUT2D eigenvalue weighted by Crippen LogP contribution is 2.44. The Balaban J connectivity index is 2.00. The molecule has 136 valence electrons. The molecule has 2 unspecified atom stereocenters. The first kappa shape index (κ1) is 19.0. The van der Waals surface area contributed by atoms with Crippen LogP contribution in [0.5, 0.6) is 0 Å². The van der Waals surface area contributed by atoms with Crippen LogP contribution in [0.15, 0.2) is 23.2 Å². The van der Waals surface area contributed by atoms with Gasteiger partial charge in [0.15, 0.2) is 15.0 Å². The fourth-order valence-corrected chi connectivity index (χ4v) is 7.33. The molecule has 2 fully saturated rings. The van der Waals surface area contributed by atoms with Crippen LogP contribution in [0.2, 0.25) is 10.0 Å². The second-order valence-corrected chi connectivity index (χ2v) is 10.3. The summed E-state index contributed by atoms with van der Waals surface area (Å²) >= 11 is 13.8. The summed E-state index contributed by atoms with van der Waals surface area (Å²) in [6.45, 7) is 2.01. The van der Waals surface area contributed by atoms with Crippen LogP contribution in [0.1, 0.15) is 26.2 Å². The topological polar surface area (TPSA) is 66.8 Å². The fourth-order valence-electron chi connectivity index (χ4n) is 3.02. The largest absolute Gasteiger partial charge is 0.314 e. The molecule has 0 radical (unpaired) electrons. The standard InChI is InChI=1S/C16H18Cl2N2O3S2/c1-2-3-7-14(21)19-16-20(11-6-4-5-10(17)15(11)18)12-8-25(22,23)9-13(12)24-16/h4-6,12-13H,2-3,7-9H2,1H3. The molecule has 0 aliphatic carbocycles. The van der Waals surface area contributed by atoms with Crippen molar-refractivity contribution in [1.82, 2.24) is 0 Å². The molecule has 1 aromatic carbocycles. The van der Waals surface area contributed by atoms with Crippen molar-refractivity contribution in [3.63, 3.8) is 0 Å². The monoisotopic (exact) mass is 420 g/mol. The van der Waals surface area contributed by atoms with E-state index in [0.29, 0.717) is 27.3 Å². The number of benzene rings is 1. The third kappa shape index (κ3) is 3.99. The Kier molecular flexibility index (Phi) is 5.68. The average Bonchev–Trinajstić information content (AvgIpc) is 2.99. The molecule has 0 aromatic heterocycles. The number of halogens is 2. The van der Waals surface area contributed by atoms with Crippen molar-refractivity contribution in [3.05, 3.63) is 28.2 Å². The van der Waals surface area contributed by atoms with Crippen LogP contribution in [0, 0.1) is 0 Å². The van der Waals surface area contributed by atoms with Gasteiger partial charge in [0, 0.05) is 11.7 Å². The third-order valence-electron chi connectivity index (χ3n) is 4.22. The molecule has 2 aliphatic heterocycles. The lowest BCUT2D eigenvalue weighted by Gasteiger charge is -2.25. The van der Waals surface area contributed by atoms with Gasteiger partial charge in [0.2, 0.25) is 5.91 Å². The van der Waals surface area contributed by atoms with E-state index in [1.165, 1.54) is 11.8 Å². The fraction of sp³-hybridized carbons (Fsp3) is 0.500. The quantitative estimate of drug-likeness (QED) is 0.740. The number of fused-ring (bicyclic) bond motifs is 1. The first-order valence-corrected chi connectivity index (χ1v) is 11.5. The number of unbranched alkanes of at least 4 members (excludes halogenated alkanes) is 1. The minimum atomic E-state index is -3.11. The summed E-state index contributed by atoms with van der Waals surface area (Å²) in [4.78, 5) is 18.1. The smallest absolute Gasteiger partial charge is 0.248 e. The van der Waals surface area contributed by atoms with Gasteiger partial charge in [0.25, 0.3) is 0 Å². The third-order valence-corrected chi connectivity index (χ3v) is 8.24. The summed E-state index contributed by atoms with van der Waals surface area (Å²) in [5, 5.41) is 1.07. The number of carbonyl (C=O) groups excluding carboxylic acids is 1. The predicted octanol–water partition coefficient (Wildman–Crippen LogP) is 3.79. The molecule has 1 amide bonds. The molecule has 2 heterocycles. The van der Waals surface area contributed by atoms with E-state index < -0.39 is 9.84 Å². The van der Waals surface area contributed by atoms with Crippen molar-refractivity contribution < 1.29 is 13.2 Å². The van der Waals surface area contributed by atoms with Gasteiger partial charge in [0.05, 0.1) is 33.3 Å². The number of rotatable bonds is 4. The molecule has 0 N–H and O–H groups in total. The molecule has 0 spiro atoms. The molecule has 2 saturated heterocycles. The maximum Gasteiger partial charge on any atom is 0.248 e. The van der Waals surface area contributed by atoms with Gasteiger partial charge in [-0.05, 0) is 18.6 Å². The molecule has 9 heteroatoms. The van der Waals surface area contributed by atoms with Crippen LogP contribution in [-0.2, 0) is 14.6 Å². The number of amidine groups is 1. The highest BCUT2D eigenvalue weighted by molar-refractivity contribution is 8.16. The number of aliphatic imine (C=N–C) groups is 1. The second-order valence-electron chi connectivity index (χ2n) is 6.14. The van der Waals surface area contributed by atoms with E-state index >= 15 is 0 Å². The number of carbonyl (C=O) groups is 1. The number of thioether (sulfide) groups is 1. The molecule has 25 heavy (non-hydrogen) atoms. The zero-order chi connectivity index (χ0) is 18.2. The average molecular weight is 421 g/mol. The molecule has 3 rings (SSSR count). The molecule has 2 atom stereocenters. The maximum absolute atomic E-state index is 12.1. The predicted molar refractivity (Wildman–Crippen MR) is 105 cm³/mol. The SMILES string of the molecule is CCCCC(=O)N=C1SC2CS(=O)(=O)CC2N1c1cccc(Cl)c1Cl. The van der Waals surface area contributed by atoms with E-state index in [9.17, 15) is 13.2 Å². The van der Waals surface area contributed by atoms with Gasteiger partial charge in [-0.1, -0.05) is 54.4 Å². The number of anilines is 1. The van der Waals surface area contributed by atoms with Gasteiger partial charge in [-0.25, -0.2) is 8.42 Å². The normalized spacial score (nSPS) is 26.2. The summed E-state index contributed by atoms with van der Waals surface area (Å²) < 4.78 is 24.1. The van der Waals surface area contributed by atoms with E-state index in [1.807, 2.05) is 6.92 Å². The van der Waals surface area contributed by atoms with Crippen molar-refractivity contribution in [1.29, 1.82) is 0 Å². The van der Waals surface area contributed by atoms with E-state index in [1.54, 1.807) is 23.1 Å². The first-order valence-electron chi connectivity index (χ1n) is 8.04. The van der Waals surface area contributed by atoms with Gasteiger partial charge < -0.3 is 4.90 Å². The Labute approximate surface area is 161 Å². The van der Waals surface area contributed by atoms with Gasteiger partial charge in [-0.3, -0.25) is 4.79 Å². The van der Waals surface area contributed by atoms with E-state index in [-0.39, 0.29) is 28.7 Å². The molecule has 1 aromatic rings. The van der Waals surface area contributed by atoms with Crippen molar-refractivity contribution in [2.75, 3.05) is 16.4 Å². The number of nitrogens with zero attached hydrogens (tertiary/aromatic N) is 2.